The minimum atomic E-state index is -1.31. The second-order valence-electron chi connectivity index (χ2n) is 4.07. The van der Waals surface area contributed by atoms with Crippen LogP contribution in [-0.2, 0) is 9.59 Å². The van der Waals surface area contributed by atoms with Crippen LogP contribution in [0.1, 0.15) is 39.0 Å². The topological polar surface area (TPSA) is 74.6 Å². The molecule has 4 nitrogen and oxygen atoms in total. The van der Waals surface area contributed by atoms with Gasteiger partial charge in [0.2, 0.25) is 0 Å². The van der Waals surface area contributed by atoms with Crippen LogP contribution in [0.25, 0.3) is 0 Å². The number of aliphatic hydroxyl groups is 1. The van der Waals surface area contributed by atoms with Gasteiger partial charge < -0.3 is 10.2 Å². The average Bonchev–Trinajstić information content (AvgIpc) is 2.08. The largest absolute Gasteiger partial charge is 0.480 e. The molecule has 0 amide bonds. The van der Waals surface area contributed by atoms with E-state index in [9.17, 15) is 14.7 Å². The molecule has 2 unspecified atom stereocenters. The minimum absolute atomic E-state index is 0.0428. The van der Waals surface area contributed by atoms with Gasteiger partial charge in [-0.1, -0.05) is 6.42 Å². The van der Waals surface area contributed by atoms with Crippen LogP contribution in [0.2, 0.25) is 0 Å². The maximum Gasteiger partial charge on any atom is 0.317 e. The third kappa shape index (κ3) is 1.95. The summed E-state index contributed by atoms with van der Waals surface area (Å²) in [5, 5.41) is 18.3. The highest BCUT2D eigenvalue weighted by Crippen LogP contribution is 2.37. The number of hydrogen-bond donors (Lipinski definition) is 2. The van der Waals surface area contributed by atoms with E-state index in [1.54, 1.807) is 0 Å². The van der Waals surface area contributed by atoms with Crippen LogP contribution in [-0.4, -0.2) is 28.1 Å². The quantitative estimate of drug-likeness (QED) is 0.666. The predicted octanol–water partition coefficient (Wildman–Crippen LogP) is 0.971. The number of carbonyl (C=O) groups is 2. The third-order valence-corrected chi connectivity index (χ3v) is 2.84. The molecule has 1 aliphatic rings. The van der Waals surface area contributed by atoms with Crippen LogP contribution in [0.3, 0.4) is 0 Å². The van der Waals surface area contributed by atoms with E-state index in [2.05, 4.69) is 0 Å². The van der Waals surface area contributed by atoms with Gasteiger partial charge in [0, 0.05) is 6.42 Å². The van der Waals surface area contributed by atoms with Crippen molar-refractivity contribution in [1.29, 1.82) is 0 Å². The van der Waals surface area contributed by atoms with Gasteiger partial charge in [-0.25, -0.2) is 0 Å². The zero-order chi connectivity index (χ0) is 10.8. The average molecular weight is 200 g/mol. The van der Waals surface area contributed by atoms with Crippen LogP contribution in [0.15, 0.2) is 0 Å². The summed E-state index contributed by atoms with van der Waals surface area (Å²) in [4.78, 5) is 22.7. The lowest BCUT2D eigenvalue weighted by Crippen LogP contribution is -2.43. The van der Waals surface area contributed by atoms with Crippen molar-refractivity contribution < 1.29 is 19.8 Å². The summed E-state index contributed by atoms with van der Waals surface area (Å²) in [6.07, 6.45) is 1.53. The maximum absolute atomic E-state index is 11.6. The molecule has 1 aliphatic carbocycles. The first-order valence-corrected chi connectivity index (χ1v) is 4.94. The maximum atomic E-state index is 11.6. The van der Waals surface area contributed by atoms with Crippen LogP contribution in [0.4, 0.5) is 0 Å². The standard InChI is InChI=1S/C10H16O4/c1-7(11)6-10(9(13)14)5-3-2-4-8(10)12/h7,11H,2-6H2,1H3,(H,13,14). The van der Waals surface area contributed by atoms with E-state index in [0.29, 0.717) is 12.8 Å². The van der Waals surface area contributed by atoms with Crippen molar-refractivity contribution in [1.82, 2.24) is 0 Å². The molecule has 1 saturated carbocycles. The summed E-state index contributed by atoms with van der Waals surface area (Å²) >= 11 is 0. The van der Waals surface area contributed by atoms with E-state index in [0.717, 1.165) is 12.8 Å². The molecule has 4 heteroatoms. The molecule has 0 saturated heterocycles. The van der Waals surface area contributed by atoms with Crippen molar-refractivity contribution in [2.45, 2.75) is 45.1 Å². The summed E-state index contributed by atoms with van der Waals surface area (Å²) in [7, 11) is 0. The lowest BCUT2D eigenvalue weighted by atomic mass is 9.70. The first-order valence-electron chi connectivity index (χ1n) is 4.94. The number of aliphatic carboxylic acids is 1. The van der Waals surface area contributed by atoms with Gasteiger partial charge in [0.1, 0.15) is 11.2 Å². The number of Topliss-reactive ketones (excluding diaryl/α,β-unsaturated/α-hetero) is 1. The van der Waals surface area contributed by atoms with Crippen LogP contribution in [0, 0.1) is 5.41 Å². The summed E-state index contributed by atoms with van der Waals surface area (Å²) in [6.45, 7) is 1.52. The van der Waals surface area contributed by atoms with Gasteiger partial charge in [0.05, 0.1) is 6.10 Å². The first-order chi connectivity index (χ1) is 6.49. The van der Waals surface area contributed by atoms with Crippen molar-refractivity contribution >= 4 is 11.8 Å². The number of carboxylic acid groups (broad SMARTS) is 1. The highest BCUT2D eigenvalue weighted by molar-refractivity contribution is 6.03. The van der Waals surface area contributed by atoms with Crippen molar-refractivity contribution in [3.63, 3.8) is 0 Å². The molecule has 1 fully saturated rings. The Balaban J connectivity index is 2.89. The predicted molar refractivity (Wildman–Crippen MR) is 49.8 cm³/mol. The molecular weight excluding hydrogens is 184 g/mol. The number of carboxylic acids is 1. The van der Waals surface area contributed by atoms with E-state index >= 15 is 0 Å². The molecule has 0 heterocycles. The Bertz CT molecular complexity index is 247. The molecular formula is C10H16O4. The highest BCUT2D eigenvalue weighted by atomic mass is 16.4. The van der Waals surface area contributed by atoms with Crippen LogP contribution < -0.4 is 0 Å². The van der Waals surface area contributed by atoms with Crippen molar-refractivity contribution in [3.05, 3.63) is 0 Å². The lowest BCUT2D eigenvalue weighted by molar-refractivity contribution is -0.159. The molecule has 80 valence electrons. The smallest absolute Gasteiger partial charge is 0.317 e. The fourth-order valence-electron chi connectivity index (χ4n) is 2.12. The van der Waals surface area contributed by atoms with E-state index < -0.39 is 17.5 Å². The van der Waals surface area contributed by atoms with Gasteiger partial charge in [-0.15, -0.1) is 0 Å². The molecule has 0 bridgehead atoms. The van der Waals surface area contributed by atoms with Gasteiger partial charge >= 0.3 is 5.97 Å². The first kappa shape index (κ1) is 11.2. The number of aliphatic hydroxyl groups excluding tert-OH is 1. The van der Waals surface area contributed by atoms with Gasteiger partial charge in [-0.2, -0.15) is 0 Å². The van der Waals surface area contributed by atoms with E-state index in [4.69, 9.17) is 5.11 Å². The zero-order valence-electron chi connectivity index (χ0n) is 8.32. The molecule has 0 spiro atoms. The molecule has 0 aromatic rings. The Morgan fingerprint density at radius 2 is 2.21 bits per heavy atom. The minimum Gasteiger partial charge on any atom is -0.480 e. The van der Waals surface area contributed by atoms with Crippen molar-refractivity contribution in [2.24, 2.45) is 5.41 Å². The lowest BCUT2D eigenvalue weighted by Gasteiger charge is -2.32. The molecule has 0 radical (unpaired) electrons. The Morgan fingerprint density at radius 1 is 1.57 bits per heavy atom. The van der Waals surface area contributed by atoms with Crippen LogP contribution >= 0.6 is 0 Å². The summed E-state index contributed by atoms with van der Waals surface area (Å²) < 4.78 is 0. The molecule has 0 aromatic heterocycles. The van der Waals surface area contributed by atoms with Gasteiger partial charge in [0.25, 0.3) is 0 Å². The second kappa shape index (κ2) is 4.09. The third-order valence-electron chi connectivity index (χ3n) is 2.84. The van der Waals surface area contributed by atoms with Gasteiger partial charge in [-0.05, 0) is 26.2 Å². The number of hydrogen-bond acceptors (Lipinski definition) is 3. The molecule has 14 heavy (non-hydrogen) atoms. The summed E-state index contributed by atoms with van der Waals surface area (Å²) in [6, 6.07) is 0. The molecule has 2 atom stereocenters. The number of ketones is 1. The Labute approximate surface area is 82.9 Å². The SMILES string of the molecule is CC(O)CC1(C(=O)O)CCCCC1=O. The Kier molecular flexibility index (Phi) is 3.26. The highest BCUT2D eigenvalue weighted by Gasteiger charge is 2.47. The molecule has 0 aromatic carbocycles. The summed E-state index contributed by atoms with van der Waals surface area (Å²) in [5.41, 5.74) is -1.31. The second-order valence-corrected chi connectivity index (χ2v) is 4.07. The Morgan fingerprint density at radius 3 is 2.64 bits per heavy atom. The molecule has 0 aliphatic heterocycles. The molecule has 1 rings (SSSR count). The van der Waals surface area contributed by atoms with Crippen molar-refractivity contribution in [2.75, 3.05) is 0 Å². The van der Waals surface area contributed by atoms with Gasteiger partial charge in [0.15, 0.2) is 0 Å². The fraction of sp³-hybridized carbons (Fsp3) is 0.800. The van der Waals surface area contributed by atoms with Crippen molar-refractivity contribution in [3.8, 4) is 0 Å². The normalized spacial score (nSPS) is 30.0. The van der Waals surface area contributed by atoms with Gasteiger partial charge in [-0.3, -0.25) is 9.59 Å². The zero-order valence-corrected chi connectivity index (χ0v) is 8.32. The monoisotopic (exact) mass is 200 g/mol. The fourth-order valence-corrected chi connectivity index (χ4v) is 2.12. The number of carbonyl (C=O) groups excluding carboxylic acids is 1. The summed E-state index contributed by atoms with van der Waals surface area (Å²) in [5.74, 6) is -1.31. The molecule has 2 N–H and O–H groups in total. The Hall–Kier alpha value is -0.900. The van der Waals surface area contributed by atoms with E-state index in [-0.39, 0.29) is 12.2 Å². The van der Waals surface area contributed by atoms with Crippen LogP contribution in [0.5, 0.6) is 0 Å². The van der Waals surface area contributed by atoms with E-state index in [1.807, 2.05) is 0 Å². The van der Waals surface area contributed by atoms with E-state index in [1.165, 1.54) is 6.92 Å². The number of rotatable bonds is 3.